The first-order valence-corrected chi connectivity index (χ1v) is 10.8. The molecule has 0 saturated heterocycles. The molecule has 9 nitrogen and oxygen atoms in total. The number of hydrogen-bond acceptors (Lipinski definition) is 6. The third-order valence-corrected chi connectivity index (χ3v) is 5.91. The smallest absolute Gasteiger partial charge is 0.264 e. The number of amides is 3. The Morgan fingerprint density at radius 3 is 2.55 bits per heavy atom. The molecule has 33 heavy (non-hydrogen) atoms. The molecule has 2 aromatic carbocycles. The maximum Gasteiger partial charge on any atom is 0.264 e. The number of ether oxygens (including phenoxy) is 3. The monoisotopic (exact) mass is 453 g/mol. The number of fused-ring (bicyclic) bond motifs is 5. The number of para-hydroxylation sites is 1. The van der Waals surface area contributed by atoms with E-state index in [4.69, 9.17) is 14.2 Å². The lowest BCUT2D eigenvalue weighted by atomic mass is 10.0. The summed E-state index contributed by atoms with van der Waals surface area (Å²) in [7, 11) is 4.60. The van der Waals surface area contributed by atoms with Gasteiger partial charge in [-0.1, -0.05) is 18.2 Å². The molecule has 0 fully saturated rings. The molecule has 9 heteroatoms. The second kappa shape index (κ2) is 9.50. The average Bonchev–Trinajstić information content (AvgIpc) is 3.13. The number of benzene rings is 2. The van der Waals surface area contributed by atoms with Crippen molar-refractivity contribution in [3.63, 3.8) is 0 Å². The number of methoxy groups -OCH3 is 3. The Morgan fingerprint density at radius 2 is 1.82 bits per heavy atom. The highest BCUT2D eigenvalue weighted by Gasteiger charge is 2.49. The molecule has 1 unspecified atom stereocenters. The Labute approximate surface area is 192 Å². The molecule has 0 aliphatic carbocycles. The number of nitrogens with zero attached hydrogens (tertiary/aromatic N) is 2. The van der Waals surface area contributed by atoms with Crippen molar-refractivity contribution in [3.8, 4) is 11.5 Å². The van der Waals surface area contributed by atoms with Crippen molar-refractivity contribution in [2.24, 2.45) is 0 Å². The van der Waals surface area contributed by atoms with Crippen LogP contribution in [0.15, 0.2) is 36.4 Å². The molecule has 1 atom stereocenters. The van der Waals surface area contributed by atoms with Crippen LogP contribution in [0.25, 0.3) is 0 Å². The van der Waals surface area contributed by atoms with E-state index in [9.17, 15) is 14.4 Å². The molecular formula is C24H27N3O6. The summed E-state index contributed by atoms with van der Waals surface area (Å²) in [6, 6.07) is 10.5. The summed E-state index contributed by atoms with van der Waals surface area (Å²) in [5, 5.41) is 2.84. The SMILES string of the molecule is COCCCNC(=O)CCN1C(=O)c2ccccc2N2C(=O)c3c(ccc(OC)c3OC)C12. The van der Waals surface area contributed by atoms with Crippen molar-refractivity contribution in [1.82, 2.24) is 10.2 Å². The first-order valence-electron chi connectivity index (χ1n) is 10.8. The average molecular weight is 453 g/mol. The van der Waals surface area contributed by atoms with Gasteiger partial charge in [-0.25, -0.2) is 0 Å². The summed E-state index contributed by atoms with van der Waals surface area (Å²) >= 11 is 0. The Balaban J connectivity index is 1.69. The van der Waals surface area contributed by atoms with Gasteiger partial charge in [0.1, 0.15) is 6.17 Å². The standard InChI is InChI=1S/C24H27N3O6/c1-31-14-6-12-25-19(28)11-13-26-22-16-9-10-18(32-2)21(33-3)20(16)24(30)27(22)17-8-5-4-7-15(17)23(26)29/h4-5,7-10,22H,6,11-14H2,1-3H3,(H,25,28). The lowest BCUT2D eigenvalue weighted by Crippen LogP contribution is -2.49. The zero-order valence-electron chi connectivity index (χ0n) is 18.9. The van der Waals surface area contributed by atoms with Crippen molar-refractivity contribution in [2.75, 3.05) is 45.9 Å². The van der Waals surface area contributed by atoms with E-state index in [-0.39, 0.29) is 30.7 Å². The van der Waals surface area contributed by atoms with E-state index in [1.165, 1.54) is 14.2 Å². The van der Waals surface area contributed by atoms with Gasteiger partial charge in [-0.3, -0.25) is 19.3 Å². The Bertz CT molecular complexity index is 1090. The van der Waals surface area contributed by atoms with Gasteiger partial charge >= 0.3 is 0 Å². The highest BCUT2D eigenvalue weighted by Crippen LogP contribution is 2.49. The minimum Gasteiger partial charge on any atom is -0.493 e. The fourth-order valence-electron chi connectivity index (χ4n) is 4.41. The van der Waals surface area contributed by atoms with E-state index >= 15 is 0 Å². The van der Waals surface area contributed by atoms with Gasteiger partial charge in [0.25, 0.3) is 11.8 Å². The summed E-state index contributed by atoms with van der Waals surface area (Å²) < 4.78 is 15.9. The number of rotatable bonds is 9. The number of anilines is 1. The van der Waals surface area contributed by atoms with Crippen molar-refractivity contribution in [2.45, 2.75) is 19.0 Å². The Hall–Kier alpha value is -3.59. The van der Waals surface area contributed by atoms with E-state index in [1.807, 2.05) is 0 Å². The fraction of sp³-hybridized carbons (Fsp3) is 0.375. The number of carbonyl (C=O) groups excluding carboxylic acids is 3. The summed E-state index contributed by atoms with van der Waals surface area (Å²) in [6.45, 7) is 1.21. The number of hydrogen-bond donors (Lipinski definition) is 1. The van der Waals surface area contributed by atoms with Crippen LogP contribution in [0, 0.1) is 0 Å². The molecule has 2 aromatic rings. The van der Waals surface area contributed by atoms with Gasteiger partial charge in [0.05, 0.1) is 31.0 Å². The predicted octanol–water partition coefficient (Wildman–Crippen LogP) is 2.36. The lowest BCUT2D eigenvalue weighted by molar-refractivity contribution is -0.121. The molecule has 2 heterocycles. The summed E-state index contributed by atoms with van der Waals surface area (Å²) in [5.74, 6) is 0.0940. The summed E-state index contributed by atoms with van der Waals surface area (Å²) in [6.07, 6.45) is 0.149. The summed E-state index contributed by atoms with van der Waals surface area (Å²) in [4.78, 5) is 42.6. The van der Waals surface area contributed by atoms with Crippen LogP contribution in [0.3, 0.4) is 0 Å². The van der Waals surface area contributed by atoms with E-state index < -0.39 is 6.17 Å². The predicted molar refractivity (Wildman–Crippen MR) is 121 cm³/mol. The topological polar surface area (TPSA) is 97.4 Å². The molecule has 0 bridgehead atoms. The quantitative estimate of drug-likeness (QED) is 0.586. The fourth-order valence-corrected chi connectivity index (χ4v) is 4.41. The van der Waals surface area contributed by atoms with Crippen LogP contribution >= 0.6 is 0 Å². The van der Waals surface area contributed by atoms with Crippen molar-refractivity contribution >= 4 is 23.4 Å². The first-order chi connectivity index (χ1) is 16.0. The highest BCUT2D eigenvalue weighted by atomic mass is 16.5. The van der Waals surface area contributed by atoms with Gasteiger partial charge in [0.15, 0.2) is 11.5 Å². The molecule has 174 valence electrons. The molecule has 3 amide bonds. The van der Waals surface area contributed by atoms with Crippen molar-refractivity contribution in [3.05, 3.63) is 53.1 Å². The van der Waals surface area contributed by atoms with Crippen LogP contribution in [-0.4, -0.2) is 63.6 Å². The zero-order chi connectivity index (χ0) is 23.5. The van der Waals surface area contributed by atoms with Crippen LogP contribution < -0.4 is 19.7 Å². The molecule has 1 N–H and O–H groups in total. The second-order valence-corrected chi connectivity index (χ2v) is 7.78. The normalized spacial score (nSPS) is 16.3. The van der Waals surface area contributed by atoms with E-state index in [2.05, 4.69) is 5.32 Å². The number of carbonyl (C=O) groups is 3. The van der Waals surface area contributed by atoms with E-state index in [0.717, 1.165) is 0 Å². The highest BCUT2D eigenvalue weighted by molar-refractivity contribution is 6.18. The van der Waals surface area contributed by atoms with Gasteiger partial charge in [-0.2, -0.15) is 0 Å². The first kappa shape index (κ1) is 22.6. The van der Waals surface area contributed by atoms with Crippen LogP contribution in [-0.2, 0) is 9.53 Å². The number of nitrogens with one attached hydrogen (secondary N) is 1. The lowest BCUT2D eigenvalue weighted by Gasteiger charge is -2.40. The third kappa shape index (κ3) is 3.89. The molecule has 4 rings (SSSR count). The maximum absolute atomic E-state index is 13.6. The van der Waals surface area contributed by atoms with E-state index in [1.54, 1.807) is 53.3 Å². The molecule has 2 aliphatic heterocycles. The summed E-state index contributed by atoms with van der Waals surface area (Å²) in [5.41, 5.74) is 1.96. The van der Waals surface area contributed by atoms with Crippen LogP contribution in [0.2, 0.25) is 0 Å². The van der Waals surface area contributed by atoms with Gasteiger partial charge in [0.2, 0.25) is 5.91 Å². The minimum absolute atomic E-state index is 0.113. The Morgan fingerprint density at radius 1 is 1.03 bits per heavy atom. The van der Waals surface area contributed by atoms with Gasteiger partial charge in [0, 0.05) is 38.8 Å². The van der Waals surface area contributed by atoms with Gasteiger partial charge in [-0.15, -0.1) is 0 Å². The molecule has 0 radical (unpaired) electrons. The molecule has 2 aliphatic rings. The second-order valence-electron chi connectivity index (χ2n) is 7.78. The maximum atomic E-state index is 13.6. The van der Waals surface area contributed by atoms with E-state index in [0.29, 0.717) is 53.4 Å². The molecule has 0 saturated carbocycles. The third-order valence-electron chi connectivity index (χ3n) is 5.91. The minimum atomic E-state index is -0.670. The molecular weight excluding hydrogens is 426 g/mol. The van der Waals surface area contributed by atoms with Gasteiger partial charge in [-0.05, 0) is 24.6 Å². The van der Waals surface area contributed by atoms with Crippen molar-refractivity contribution < 1.29 is 28.6 Å². The molecule has 0 spiro atoms. The van der Waals surface area contributed by atoms with Crippen LogP contribution in [0.4, 0.5) is 5.69 Å². The largest absolute Gasteiger partial charge is 0.493 e. The van der Waals surface area contributed by atoms with Crippen molar-refractivity contribution in [1.29, 1.82) is 0 Å². The zero-order valence-corrected chi connectivity index (χ0v) is 18.9. The Kier molecular flexibility index (Phi) is 6.50. The van der Waals surface area contributed by atoms with Gasteiger partial charge < -0.3 is 24.4 Å². The van der Waals surface area contributed by atoms with Crippen LogP contribution in [0.1, 0.15) is 45.3 Å². The van der Waals surface area contributed by atoms with Crippen LogP contribution in [0.5, 0.6) is 11.5 Å². The molecule has 0 aromatic heterocycles.